The van der Waals surface area contributed by atoms with Crippen LogP contribution in [-0.2, 0) is 16.0 Å². The highest BCUT2D eigenvalue weighted by Gasteiger charge is 2.22. The van der Waals surface area contributed by atoms with Crippen LogP contribution in [0.4, 0.5) is 11.4 Å². The zero-order valence-electron chi connectivity index (χ0n) is 32.0. The minimum absolute atomic E-state index is 0.0503. The van der Waals surface area contributed by atoms with Gasteiger partial charge in [-0.05, 0) is 103 Å². The minimum Gasteiger partial charge on any atom is -0.478 e. The molecule has 5 rings (SSSR count). The molecule has 5 aromatic carbocycles. The maximum absolute atomic E-state index is 13.2. The van der Waals surface area contributed by atoms with Crippen LogP contribution >= 0.6 is 0 Å². The van der Waals surface area contributed by atoms with Gasteiger partial charge in [-0.3, -0.25) is 29.0 Å². The van der Waals surface area contributed by atoms with E-state index in [2.05, 4.69) is 17.8 Å². The Balaban J connectivity index is 0.000000571. The van der Waals surface area contributed by atoms with Gasteiger partial charge in [-0.2, -0.15) is 0 Å². The Hall–Kier alpha value is -7.37. The maximum Gasteiger partial charge on any atom is 0.335 e. The average Bonchev–Trinajstić information content (AvgIpc) is 3.25. The number of nitrogens with zero attached hydrogens (tertiary/aromatic N) is 3. The Morgan fingerprint density at radius 2 is 1.30 bits per heavy atom. The molecule has 5 aromatic rings. The van der Waals surface area contributed by atoms with Crippen molar-refractivity contribution in [3.05, 3.63) is 178 Å². The Morgan fingerprint density at radius 3 is 1.81 bits per heavy atom. The van der Waals surface area contributed by atoms with Crippen molar-refractivity contribution in [3.63, 3.8) is 0 Å². The summed E-state index contributed by atoms with van der Waals surface area (Å²) in [5, 5.41) is 16.1. The SMILES string of the molecule is C=N/C(=C\C(=C/Cc1ccc(N(C(C)=O)C(=O)c2ccc(C(=O)O)cc2)cc1)c1ccccc1)c1ccc(N(C)C=O)cc1.CO.Cc1cc(C=O)ccc1C=O. The zero-order valence-corrected chi connectivity index (χ0v) is 32.0. The van der Waals surface area contributed by atoms with Crippen LogP contribution in [0.5, 0.6) is 0 Å². The first-order chi connectivity index (χ1) is 27.5. The van der Waals surface area contributed by atoms with Crippen molar-refractivity contribution >= 4 is 66.1 Å². The first kappa shape index (κ1) is 44.0. The van der Waals surface area contributed by atoms with Gasteiger partial charge < -0.3 is 15.1 Å². The Labute approximate surface area is 331 Å². The van der Waals surface area contributed by atoms with E-state index in [1.165, 1.54) is 36.1 Å². The van der Waals surface area contributed by atoms with E-state index in [0.29, 0.717) is 28.9 Å². The van der Waals surface area contributed by atoms with Crippen LogP contribution in [0.3, 0.4) is 0 Å². The summed E-state index contributed by atoms with van der Waals surface area (Å²) in [6.45, 7) is 6.87. The lowest BCUT2D eigenvalue weighted by atomic mass is 9.99. The van der Waals surface area contributed by atoms with Crippen LogP contribution in [0.2, 0.25) is 0 Å². The molecule has 0 fully saturated rings. The molecule has 0 unspecified atom stereocenters. The van der Waals surface area contributed by atoms with Crippen LogP contribution in [0.15, 0.2) is 138 Å². The van der Waals surface area contributed by atoms with Crippen molar-refractivity contribution in [2.75, 3.05) is 24.0 Å². The van der Waals surface area contributed by atoms with Gasteiger partial charge in [0.15, 0.2) is 0 Å². The number of carboxylic acid groups (broad SMARTS) is 1. The molecule has 0 aliphatic heterocycles. The van der Waals surface area contributed by atoms with Gasteiger partial charge in [0.05, 0.1) is 16.9 Å². The fraction of sp³-hybridized carbons (Fsp3) is 0.109. The molecule has 0 saturated carbocycles. The van der Waals surface area contributed by atoms with Gasteiger partial charge in [-0.25, -0.2) is 9.69 Å². The van der Waals surface area contributed by atoms with E-state index in [-0.39, 0.29) is 11.1 Å². The van der Waals surface area contributed by atoms with Crippen LogP contribution in [0, 0.1) is 6.92 Å². The van der Waals surface area contributed by atoms with Crippen LogP contribution in [0.25, 0.3) is 11.3 Å². The van der Waals surface area contributed by atoms with Crippen LogP contribution < -0.4 is 9.80 Å². The standard InChI is InChI=1S/C36H31N3O5.C9H8O2.CH4O/c1-25(41)39(35(42)29-13-15-30(16-14-29)36(43)44)33-19-10-26(11-20-33)9-12-31(27-7-5-4-6-8-27)23-34(37-2)28-17-21-32(22-18-28)38(3)24-40;1-7-4-8(5-10)2-3-9(7)6-11;1-2/h4-8,10-24H,2,9H2,1,3H3,(H,43,44);2-6H,1H3;2H,1H3/b31-12+,34-23-;;. The fourth-order valence-electron chi connectivity index (χ4n) is 5.43. The molecule has 0 bridgehead atoms. The number of aliphatic hydroxyl groups is 1. The lowest BCUT2D eigenvalue weighted by molar-refractivity contribution is -0.116. The summed E-state index contributed by atoms with van der Waals surface area (Å²) >= 11 is 0. The lowest BCUT2D eigenvalue weighted by Crippen LogP contribution is -2.35. The molecular formula is C46H43N3O8. The van der Waals surface area contributed by atoms with Crippen LogP contribution in [-0.4, -0.2) is 67.9 Å². The summed E-state index contributed by atoms with van der Waals surface area (Å²) in [5.41, 5.74) is 7.88. The number of carboxylic acids is 1. The van der Waals surface area contributed by atoms with Crippen molar-refractivity contribution < 1.29 is 39.0 Å². The van der Waals surface area contributed by atoms with Gasteiger partial charge in [-0.15, -0.1) is 0 Å². The molecule has 0 aliphatic rings. The summed E-state index contributed by atoms with van der Waals surface area (Å²) in [6, 6.07) is 34.9. The number of imide groups is 1. The first-order valence-corrected chi connectivity index (χ1v) is 17.4. The highest BCUT2D eigenvalue weighted by molar-refractivity contribution is 6.20. The summed E-state index contributed by atoms with van der Waals surface area (Å²) in [4.78, 5) is 75.3. The van der Waals surface area contributed by atoms with E-state index in [4.69, 9.17) is 10.2 Å². The molecular weight excluding hydrogens is 723 g/mol. The number of aromatic carboxylic acids is 1. The quantitative estimate of drug-likeness (QED) is 0.0698. The number of aryl methyl sites for hydroxylation is 1. The highest BCUT2D eigenvalue weighted by atomic mass is 16.4. The molecule has 0 heterocycles. The van der Waals surface area contributed by atoms with Gasteiger partial charge in [0, 0.05) is 49.0 Å². The van der Waals surface area contributed by atoms with Crippen molar-refractivity contribution in [1.82, 2.24) is 0 Å². The smallest absolute Gasteiger partial charge is 0.335 e. The fourth-order valence-corrected chi connectivity index (χ4v) is 5.43. The molecule has 11 heteroatoms. The Morgan fingerprint density at radius 1 is 0.719 bits per heavy atom. The highest BCUT2D eigenvalue weighted by Crippen LogP contribution is 2.26. The third-order valence-corrected chi connectivity index (χ3v) is 8.50. The lowest BCUT2D eigenvalue weighted by Gasteiger charge is -2.19. The van der Waals surface area contributed by atoms with Gasteiger partial charge in [0.1, 0.15) is 12.6 Å². The van der Waals surface area contributed by atoms with Crippen molar-refractivity contribution in [2.45, 2.75) is 20.3 Å². The number of carbonyl (C=O) groups is 6. The molecule has 0 saturated heterocycles. The number of hydrogen-bond donors (Lipinski definition) is 2. The molecule has 3 amide bonds. The van der Waals surface area contributed by atoms with Crippen molar-refractivity contribution in [3.8, 4) is 0 Å². The second-order valence-corrected chi connectivity index (χ2v) is 12.2. The summed E-state index contributed by atoms with van der Waals surface area (Å²) < 4.78 is 0. The van der Waals surface area contributed by atoms with Crippen LogP contribution in [0.1, 0.15) is 70.6 Å². The number of rotatable bonds is 13. The number of amides is 3. The first-order valence-electron chi connectivity index (χ1n) is 17.4. The second kappa shape index (κ2) is 22.1. The number of anilines is 2. The molecule has 0 aliphatic carbocycles. The van der Waals surface area contributed by atoms with E-state index < -0.39 is 17.8 Å². The van der Waals surface area contributed by atoms with E-state index in [1.807, 2.05) is 72.8 Å². The predicted molar refractivity (Wildman–Crippen MR) is 224 cm³/mol. The van der Waals surface area contributed by atoms with Gasteiger partial charge in [0.25, 0.3) is 5.91 Å². The number of aldehydes is 2. The normalized spacial score (nSPS) is 10.7. The maximum atomic E-state index is 13.2. The van der Waals surface area contributed by atoms with Crippen molar-refractivity contribution in [1.29, 1.82) is 0 Å². The molecule has 0 spiro atoms. The molecule has 290 valence electrons. The average molecular weight is 766 g/mol. The van der Waals surface area contributed by atoms with E-state index >= 15 is 0 Å². The molecule has 57 heavy (non-hydrogen) atoms. The number of aliphatic imine (C=N–C) groups is 1. The van der Waals surface area contributed by atoms with Gasteiger partial charge >= 0.3 is 5.97 Å². The summed E-state index contributed by atoms with van der Waals surface area (Å²) in [7, 11) is 2.68. The Bertz CT molecular complexity index is 2240. The topological polar surface area (TPSA) is 162 Å². The molecule has 2 N–H and O–H groups in total. The van der Waals surface area contributed by atoms with E-state index in [1.54, 1.807) is 44.3 Å². The largest absolute Gasteiger partial charge is 0.478 e. The van der Waals surface area contributed by atoms with Crippen molar-refractivity contribution in [2.24, 2.45) is 4.99 Å². The third kappa shape index (κ3) is 12.3. The number of allylic oxidation sites excluding steroid dienone is 3. The molecule has 0 atom stereocenters. The molecule has 0 aromatic heterocycles. The predicted octanol–water partition coefficient (Wildman–Crippen LogP) is 7.77. The molecule has 0 radical (unpaired) electrons. The van der Waals surface area contributed by atoms with Gasteiger partial charge in [-0.1, -0.05) is 72.8 Å². The van der Waals surface area contributed by atoms with Gasteiger partial charge in [0.2, 0.25) is 12.3 Å². The minimum atomic E-state index is -1.10. The number of aliphatic hydroxyl groups excluding tert-OH is 1. The third-order valence-electron chi connectivity index (χ3n) is 8.50. The summed E-state index contributed by atoms with van der Waals surface area (Å²) in [6.07, 6.45) is 6.88. The zero-order chi connectivity index (χ0) is 41.9. The monoisotopic (exact) mass is 765 g/mol. The molecule has 11 nitrogen and oxygen atoms in total. The number of benzene rings is 5. The van der Waals surface area contributed by atoms with E-state index in [9.17, 15) is 28.8 Å². The van der Waals surface area contributed by atoms with E-state index in [0.717, 1.165) is 64.5 Å². The second-order valence-electron chi connectivity index (χ2n) is 12.2. The summed E-state index contributed by atoms with van der Waals surface area (Å²) in [5.74, 6) is -2.11. The number of carbonyl (C=O) groups excluding carboxylic acids is 5. The Kier molecular flexibility index (Phi) is 17.1. The number of hydrogen-bond acceptors (Lipinski definition) is 8.